The van der Waals surface area contributed by atoms with Gasteiger partial charge in [0, 0.05) is 23.6 Å². The quantitative estimate of drug-likeness (QED) is 0.0889. The number of carbonyl (C=O) groups is 2. The normalized spacial score (nSPS) is 14.9. The minimum atomic E-state index is -0.399. The third kappa shape index (κ3) is 12.5. The van der Waals surface area contributed by atoms with Crippen LogP contribution in [0.15, 0.2) is 71.7 Å². The van der Waals surface area contributed by atoms with Gasteiger partial charge in [0.1, 0.15) is 12.3 Å². The highest BCUT2D eigenvalue weighted by Crippen LogP contribution is 2.36. The summed E-state index contributed by atoms with van der Waals surface area (Å²) in [6, 6.07) is 19.6. The summed E-state index contributed by atoms with van der Waals surface area (Å²) in [5.41, 5.74) is 4.41. The second kappa shape index (κ2) is 20.4. The Morgan fingerprint density at radius 2 is 1.57 bits per heavy atom. The molecule has 11 heteroatoms. The molecule has 2 unspecified atom stereocenters. The van der Waals surface area contributed by atoms with Crippen LogP contribution < -0.4 is 20.5 Å². The summed E-state index contributed by atoms with van der Waals surface area (Å²) >= 11 is 18.7. The van der Waals surface area contributed by atoms with Crippen LogP contribution in [0.25, 0.3) is 0 Å². The van der Waals surface area contributed by atoms with E-state index in [1.807, 2.05) is 30.3 Å². The molecule has 0 radical (unpaired) electrons. The number of rotatable bonds is 20. The molecule has 1 saturated heterocycles. The summed E-state index contributed by atoms with van der Waals surface area (Å²) in [5.74, 6) is 0.489. The van der Waals surface area contributed by atoms with Crippen molar-refractivity contribution >= 4 is 63.7 Å². The fourth-order valence-electron chi connectivity index (χ4n) is 5.63. The second-order valence-electron chi connectivity index (χ2n) is 12.2. The van der Waals surface area contributed by atoms with Crippen molar-refractivity contribution in [2.45, 2.75) is 96.9 Å². The maximum atomic E-state index is 12.9. The molecule has 1 fully saturated rings. The predicted octanol–water partition coefficient (Wildman–Crippen LogP) is 10.1. The maximum absolute atomic E-state index is 12.9. The molecule has 3 aromatic carbocycles. The Hall–Kier alpha value is -3.30. The van der Waals surface area contributed by atoms with Crippen molar-refractivity contribution in [2.75, 3.05) is 18.1 Å². The lowest BCUT2D eigenvalue weighted by molar-refractivity contribution is -0.128. The molecule has 1 amide bonds. The number of hydrogen-bond donors (Lipinski definition) is 2. The van der Waals surface area contributed by atoms with Gasteiger partial charge in [-0.1, -0.05) is 112 Å². The minimum Gasteiger partial charge on any atom is -0.465 e. The van der Waals surface area contributed by atoms with Gasteiger partial charge in [0.2, 0.25) is 5.78 Å². The largest absolute Gasteiger partial charge is 0.465 e. The van der Waals surface area contributed by atoms with Gasteiger partial charge in [0.05, 0.1) is 27.5 Å². The first kappa shape index (κ1) is 38.5. The van der Waals surface area contributed by atoms with Crippen molar-refractivity contribution in [3.63, 3.8) is 0 Å². The number of amidine groups is 1. The topological polar surface area (TPSA) is 92.3 Å². The summed E-state index contributed by atoms with van der Waals surface area (Å²) < 4.78 is 12.8. The standard InChI is InChI=1S/C38H47Cl3N4O4/c1-3-5-6-7-8-10-15-30(14-4-2)48-35(49-31-16-11-9-12-17-31)18-13-23-42-38(47)27-19-21-29(22-20-27)43-37-34(46)26-45(44-37)36-32(40)24-28(39)25-33(36)41/h9,11-12,16-17,19-22,24-25,30,35H,3-8,10,13-15,18,23,26H2,1-2H3,(H,42,47)(H,43,44). The molecule has 3 aromatic rings. The number of hydrogen-bond acceptors (Lipinski definition) is 6. The van der Waals surface area contributed by atoms with Crippen LogP contribution in [-0.2, 0) is 9.53 Å². The van der Waals surface area contributed by atoms with E-state index in [9.17, 15) is 9.59 Å². The molecule has 0 spiro atoms. The number of para-hydroxylation sites is 1. The Bertz CT molecular complexity index is 1500. The number of nitrogens with one attached hydrogen (secondary N) is 2. The summed E-state index contributed by atoms with van der Waals surface area (Å²) in [6.07, 6.45) is 11.7. The average molecular weight is 730 g/mol. The van der Waals surface area contributed by atoms with Gasteiger partial charge in [0.15, 0.2) is 12.1 Å². The molecule has 2 N–H and O–H groups in total. The van der Waals surface area contributed by atoms with Gasteiger partial charge >= 0.3 is 0 Å². The molecule has 1 aliphatic heterocycles. The third-order valence-corrected chi connectivity index (χ3v) is 8.97. The summed E-state index contributed by atoms with van der Waals surface area (Å²) in [4.78, 5) is 30.0. The zero-order valence-electron chi connectivity index (χ0n) is 28.4. The number of anilines is 1. The first-order chi connectivity index (χ1) is 23.8. The van der Waals surface area contributed by atoms with E-state index in [4.69, 9.17) is 44.3 Å². The van der Waals surface area contributed by atoms with E-state index in [0.717, 1.165) is 31.4 Å². The molecule has 0 saturated carbocycles. The van der Waals surface area contributed by atoms with E-state index in [1.54, 1.807) is 36.4 Å². The van der Waals surface area contributed by atoms with Gasteiger partial charge in [-0.2, -0.15) is 0 Å². The molecular formula is C38H47Cl3N4O4. The molecule has 0 aromatic heterocycles. The molecule has 0 bridgehead atoms. The minimum absolute atomic E-state index is 0.00106. The van der Waals surface area contributed by atoms with Gasteiger partial charge in [0.25, 0.3) is 5.91 Å². The van der Waals surface area contributed by atoms with Gasteiger partial charge < -0.3 is 14.8 Å². The molecule has 1 heterocycles. The fourth-order valence-corrected chi connectivity index (χ4v) is 6.65. The van der Waals surface area contributed by atoms with Crippen molar-refractivity contribution in [2.24, 2.45) is 4.99 Å². The number of nitrogens with zero attached hydrogens (tertiary/aromatic N) is 2. The predicted molar refractivity (Wildman–Crippen MR) is 201 cm³/mol. The average Bonchev–Trinajstić information content (AvgIpc) is 3.43. The number of Topliss-reactive ketones (excluding diaryl/α,β-unsaturated/α-hetero) is 1. The molecule has 264 valence electrons. The van der Waals surface area contributed by atoms with Crippen LogP contribution in [0.4, 0.5) is 11.4 Å². The Morgan fingerprint density at radius 1 is 0.878 bits per heavy atom. The highest BCUT2D eigenvalue weighted by atomic mass is 35.5. The van der Waals surface area contributed by atoms with Gasteiger partial charge in [-0.3, -0.25) is 20.0 Å². The second-order valence-corrected chi connectivity index (χ2v) is 13.5. The van der Waals surface area contributed by atoms with E-state index in [-0.39, 0.29) is 30.2 Å². The number of benzene rings is 3. The third-order valence-electron chi connectivity index (χ3n) is 8.18. The van der Waals surface area contributed by atoms with Crippen LogP contribution in [0.5, 0.6) is 5.75 Å². The number of ketones is 1. The Morgan fingerprint density at radius 3 is 2.27 bits per heavy atom. The highest BCUT2D eigenvalue weighted by molar-refractivity contribution is 6.45. The van der Waals surface area contributed by atoms with Crippen LogP contribution in [0.2, 0.25) is 15.1 Å². The van der Waals surface area contributed by atoms with Gasteiger partial charge in [-0.05, 0) is 67.8 Å². The van der Waals surface area contributed by atoms with Crippen LogP contribution in [-0.4, -0.2) is 43.0 Å². The molecule has 4 rings (SSSR count). The number of hydrazine groups is 1. The number of carbonyl (C=O) groups excluding carboxylic acids is 2. The van der Waals surface area contributed by atoms with Crippen LogP contribution >= 0.6 is 34.8 Å². The monoisotopic (exact) mass is 728 g/mol. The summed E-state index contributed by atoms with van der Waals surface area (Å²) in [6.45, 7) is 4.90. The number of aliphatic imine (C=N–C) groups is 1. The van der Waals surface area contributed by atoms with Crippen molar-refractivity contribution < 1.29 is 19.1 Å². The van der Waals surface area contributed by atoms with Gasteiger partial charge in [-0.15, -0.1) is 0 Å². The van der Waals surface area contributed by atoms with E-state index in [2.05, 4.69) is 29.6 Å². The van der Waals surface area contributed by atoms with Crippen molar-refractivity contribution in [1.82, 2.24) is 10.7 Å². The zero-order chi connectivity index (χ0) is 35.0. The van der Waals surface area contributed by atoms with Crippen LogP contribution in [0.3, 0.4) is 0 Å². The van der Waals surface area contributed by atoms with Crippen LogP contribution in [0, 0.1) is 0 Å². The lowest BCUT2D eigenvalue weighted by atomic mass is 10.0. The summed E-state index contributed by atoms with van der Waals surface area (Å²) in [5, 5.41) is 5.55. The van der Waals surface area contributed by atoms with E-state index >= 15 is 0 Å². The Balaban J connectivity index is 1.28. The summed E-state index contributed by atoms with van der Waals surface area (Å²) in [7, 11) is 0. The lowest BCUT2D eigenvalue weighted by Crippen LogP contribution is -2.33. The Kier molecular flexibility index (Phi) is 16.0. The van der Waals surface area contributed by atoms with Crippen LogP contribution in [0.1, 0.15) is 94.8 Å². The highest BCUT2D eigenvalue weighted by Gasteiger charge is 2.29. The molecule has 2 atom stereocenters. The van der Waals surface area contributed by atoms with E-state index in [1.165, 1.54) is 37.1 Å². The van der Waals surface area contributed by atoms with E-state index < -0.39 is 6.29 Å². The number of ether oxygens (including phenoxy) is 2. The molecule has 1 aliphatic rings. The molecule has 8 nitrogen and oxygen atoms in total. The molecular weight excluding hydrogens is 683 g/mol. The lowest BCUT2D eigenvalue weighted by Gasteiger charge is -2.26. The maximum Gasteiger partial charge on any atom is 0.251 e. The van der Waals surface area contributed by atoms with Gasteiger partial charge in [-0.25, -0.2) is 4.99 Å². The first-order valence-corrected chi connectivity index (χ1v) is 18.5. The van der Waals surface area contributed by atoms with E-state index in [0.29, 0.717) is 51.4 Å². The molecule has 49 heavy (non-hydrogen) atoms. The number of amides is 1. The molecule has 0 aliphatic carbocycles. The fraction of sp³-hybridized carbons (Fsp3) is 0.447. The van der Waals surface area contributed by atoms with Crippen molar-refractivity contribution in [1.29, 1.82) is 0 Å². The first-order valence-electron chi connectivity index (χ1n) is 17.3. The zero-order valence-corrected chi connectivity index (χ0v) is 30.6. The van der Waals surface area contributed by atoms with Crippen molar-refractivity contribution in [3.05, 3.63) is 87.4 Å². The number of unbranched alkanes of at least 4 members (excludes halogenated alkanes) is 5. The van der Waals surface area contributed by atoms with Crippen molar-refractivity contribution in [3.8, 4) is 5.75 Å². The smallest absolute Gasteiger partial charge is 0.251 e. The number of halogens is 3. The SMILES string of the molecule is CCCCCCCCC(CCC)OC(CCCNC(=O)c1ccc(N=C2NN(c3c(Cl)cc(Cl)cc3Cl)CC2=O)cc1)Oc1ccccc1. The Labute approximate surface area is 305 Å².